The highest BCUT2D eigenvalue weighted by atomic mass is 16.5. The van der Waals surface area contributed by atoms with Gasteiger partial charge in [0.05, 0.1) is 0 Å². The van der Waals surface area contributed by atoms with Crippen LogP contribution >= 0.6 is 0 Å². The van der Waals surface area contributed by atoms with Gasteiger partial charge in [-0.25, -0.2) is 0 Å². The van der Waals surface area contributed by atoms with Crippen molar-refractivity contribution in [2.24, 2.45) is 5.92 Å². The van der Waals surface area contributed by atoms with Gasteiger partial charge in [-0.1, -0.05) is 73.5 Å². The fourth-order valence-corrected chi connectivity index (χ4v) is 4.68. The van der Waals surface area contributed by atoms with E-state index < -0.39 is 0 Å². The maximum atomic E-state index is 12.8. The van der Waals surface area contributed by atoms with Gasteiger partial charge >= 0.3 is 0 Å². The fourth-order valence-electron chi connectivity index (χ4n) is 4.68. The van der Waals surface area contributed by atoms with E-state index in [1.54, 1.807) is 0 Å². The molecule has 5 heteroatoms. The second kappa shape index (κ2) is 10.6. The lowest BCUT2D eigenvalue weighted by molar-refractivity contribution is -0.143. The third kappa shape index (κ3) is 5.73. The van der Waals surface area contributed by atoms with Crippen LogP contribution in [0.2, 0.25) is 0 Å². The Bertz CT molecular complexity index is 802. The molecule has 2 amide bonds. The van der Waals surface area contributed by atoms with Crippen molar-refractivity contribution >= 4 is 11.8 Å². The standard InChI is InChI=1S/C26H32N2O3/c29-24(19-21-9-7-8-10-21)27-15-17-28(18-16-27)25(30)20-31-26(22-11-3-1-4-12-22)23-13-5-2-6-14-23/h1-6,11-14,21,26H,7-10,15-20H2. The summed E-state index contributed by atoms with van der Waals surface area (Å²) >= 11 is 0. The molecular formula is C26H32N2O3. The number of ether oxygens (including phenoxy) is 1. The lowest BCUT2D eigenvalue weighted by atomic mass is 10.0. The van der Waals surface area contributed by atoms with Crippen LogP contribution in [0.4, 0.5) is 0 Å². The topological polar surface area (TPSA) is 49.9 Å². The van der Waals surface area contributed by atoms with Crippen molar-refractivity contribution < 1.29 is 14.3 Å². The smallest absolute Gasteiger partial charge is 0.248 e. The quantitative estimate of drug-likeness (QED) is 0.679. The zero-order valence-electron chi connectivity index (χ0n) is 18.1. The summed E-state index contributed by atoms with van der Waals surface area (Å²) in [6, 6.07) is 20.0. The summed E-state index contributed by atoms with van der Waals surface area (Å²) < 4.78 is 6.12. The molecule has 2 aliphatic rings. The normalized spacial score (nSPS) is 17.3. The van der Waals surface area contributed by atoms with Crippen molar-refractivity contribution in [2.75, 3.05) is 32.8 Å². The van der Waals surface area contributed by atoms with E-state index in [2.05, 4.69) is 0 Å². The van der Waals surface area contributed by atoms with Gasteiger partial charge in [0, 0.05) is 32.6 Å². The predicted molar refractivity (Wildman–Crippen MR) is 120 cm³/mol. The SMILES string of the molecule is O=C(COC(c1ccccc1)c1ccccc1)N1CCN(C(=O)CC2CCCC2)CC1. The van der Waals surface area contributed by atoms with Gasteiger partial charge in [0.25, 0.3) is 0 Å². The molecule has 0 radical (unpaired) electrons. The summed E-state index contributed by atoms with van der Waals surface area (Å²) in [5.41, 5.74) is 2.06. The van der Waals surface area contributed by atoms with E-state index in [9.17, 15) is 9.59 Å². The highest BCUT2D eigenvalue weighted by Gasteiger charge is 2.27. The van der Waals surface area contributed by atoms with E-state index in [0.717, 1.165) is 11.1 Å². The highest BCUT2D eigenvalue weighted by Crippen LogP contribution is 2.28. The lowest BCUT2D eigenvalue weighted by Gasteiger charge is -2.35. The minimum atomic E-state index is -0.277. The number of rotatable bonds is 7. The predicted octanol–water partition coefficient (Wildman–Crippen LogP) is 4.04. The minimum Gasteiger partial charge on any atom is -0.359 e. The van der Waals surface area contributed by atoms with Gasteiger partial charge in [-0.05, 0) is 29.9 Å². The molecule has 1 saturated heterocycles. The van der Waals surface area contributed by atoms with Crippen LogP contribution in [0.1, 0.15) is 49.3 Å². The number of carbonyl (C=O) groups is 2. The third-order valence-electron chi connectivity index (χ3n) is 6.50. The molecule has 0 N–H and O–H groups in total. The van der Waals surface area contributed by atoms with Crippen LogP contribution in [0.5, 0.6) is 0 Å². The van der Waals surface area contributed by atoms with Gasteiger partial charge in [-0.2, -0.15) is 0 Å². The molecule has 4 rings (SSSR count). The van der Waals surface area contributed by atoms with Crippen LogP contribution in [0.15, 0.2) is 60.7 Å². The average Bonchev–Trinajstić information content (AvgIpc) is 3.33. The molecule has 31 heavy (non-hydrogen) atoms. The number of benzene rings is 2. The Balaban J connectivity index is 1.29. The molecule has 2 aromatic rings. The number of amides is 2. The molecule has 2 aromatic carbocycles. The zero-order valence-corrected chi connectivity index (χ0v) is 18.1. The van der Waals surface area contributed by atoms with Crippen LogP contribution in [-0.2, 0) is 14.3 Å². The van der Waals surface area contributed by atoms with Crippen molar-refractivity contribution in [1.82, 2.24) is 9.80 Å². The summed E-state index contributed by atoms with van der Waals surface area (Å²) in [7, 11) is 0. The van der Waals surface area contributed by atoms with E-state index in [0.29, 0.717) is 38.5 Å². The zero-order chi connectivity index (χ0) is 21.5. The van der Waals surface area contributed by atoms with Crippen molar-refractivity contribution in [1.29, 1.82) is 0 Å². The Morgan fingerprint density at radius 1 is 0.774 bits per heavy atom. The van der Waals surface area contributed by atoms with Crippen molar-refractivity contribution in [2.45, 2.75) is 38.2 Å². The Labute approximate surface area is 185 Å². The van der Waals surface area contributed by atoms with Crippen molar-refractivity contribution in [3.63, 3.8) is 0 Å². The van der Waals surface area contributed by atoms with E-state index in [1.165, 1.54) is 25.7 Å². The van der Waals surface area contributed by atoms with E-state index in [4.69, 9.17) is 4.74 Å². The van der Waals surface area contributed by atoms with Crippen LogP contribution in [0, 0.1) is 5.92 Å². The molecule has 2 fully saturated rings. The monoisotopic (exact) mass is 420 g/mol. The number of carbonyl (C=O) groups excluding carboxylic acids is 2. The molecule has 1 saturated carbocycles. The first-order chi connectivity index (χ1) is 15.2. The van der Waals surface area contributed by atoms with Crippen LogP contribution in [-0.4, -0.2) is 54.4 Å². The first-order valence-corrected chi connectivity index (χ1v) is 11.5. The third-order valence-corrected chi connectivity index (χ3v) is 6.50. The van der Waals surface area contributed by atoms with Crippen molar-refractivity contribution in [3.05, 3.63) is 71.8 Å². The van der Waals surface area contributed by atoms with E-state index in [1.807, 2.05) is 70.5 Å². The first kappa shape index (κ1) is 21.6. The molecule has 5 nitrogen and oxygen atoms in total. The Morgan fingerprint density at radius 3 is 1.77 bits per heavy atom. The van der Waals surface area contributed by atoms with Crippen LogP contribution in [0.3, 0.4) is 0 Å². The summed E-state index contributed by atoms with van der Waals surface area (Å²) in [6.07, 6.45) is 5.28. The lowest BCUT2D eigenvalue weighted by Crippen LogP contribution is -2.51. The second-order valence-corrected chi connectivity index (χ2v) is 8.63. The molecule has 1 aliphatic heterocycles. The molecule has 1 aliphatic carbocycles. The number of hydrogen-bond acceptors (Lipinski definition) is 3. The average molecular weight is 421 g/mol. The van der Waals surface area contributed by atoms with Gasteiger partial charge in [0.2, 0.25) is 11.8 Å². The fraction of sp³-hybridized carbons (Fsp3) is 0.462. The van der Waals surface area contributed by atoms with E-state index >= 15 is 0 Å². The van der Waals surface area contributed by atoms with Gasteiger partial charge in [-0.3, -0.25) is 9.59 Å². The first-order valence-electron chi connectivity index (χ1n) is 11.5. The largest absolute Gasteiger partial charge is 0.359 e. The maximum absolute atomic E-state index is 12.8. The number of nitrogens with zero attached hydrogens (tertiary/aromatic N) is 2. The summed E-state index contributed by atoms with van der Waals surface area (Å²) in [5.74, 6) is 0.802. The van der Waals surface area contributed by atoms with Crippen molar-refractivity contribution in [3.8, 4) is 0 Å². The molecule has 0 atom stereocenters. The molecule has 1 heterocycles. The molecule has 164 valence electrons. The summed E-state index contributed by atoms with van der Waals surface area (Å²) in [4.78, 5) is 29.1. The van der Waals surface area contributed by atoms with Crippen LogP contribution in [0.25, 0.3) is 0 Å². The second-order valence-electron chi connectivity index (χ2n) is 8.63. The summed E-state index contributed by atoms with van der Waals surface area (Å²) in [6.45, 7) is 2.44. The number of hydrogen-bond donors (Lipinski definition) is 0. The Hall–Kier alpha value is -2.66. The molecule has 0 spiro atoms. The molecule has 0 aromatic heterocycles. The van der Waals surface area contributed by atoms with Gasteiger partial charge in [-0.15, -0.1) is 0 Å². The number of piperazine rings is 1. The Kier molecular flexibility index (Phi) is 7.36. The maximum Gasteiger partial charge on any atom is 0.248 e. The minimum absolute atomic E-state index is 0.0141. The van der Waals surface area contributed by atoms with Gasteiger partial charge in [0.1, 0.15) is 12.7 Å². The van der Waals surface area contributed by atoms with E-state index in [-0.39, 0.29) is 24.5 Å². The molecule has 0 unspecified atom stereocenters. The molecular weight excluding hydrogens is 388 g/mol. The molecule has 0 bridgehead atoms. The van der Waals surface area contributed by atoms with Gasteiger partial charge in [0.15, 0.2) is 0 Å². The highest BCUT2D eigenvalue weighted by molar-refractivity contribution is 5.79. The van der Waals surface area contributed by atoms with Crippen LogP contribution < -0.4 is 0 Å². The van der Waals surface area contributed by atoms with Gasteiger partial charge < -0.3 is 14.5 Å². The summed E-state index contributed by atoms with van der Waals surface area (Å²) in [5, 5.41) is 0. The Morgan fingerprint density at radius 2 is 1.26 bits per heavy atom.